The van der Waals surface area contributed by atoms with Gasteiger partial charge in [-0.2, -0.15) is 0 Å². The maximum atomic E-state index is 13.1. The lowest BCUT2D eigenvalue weighted by Crippen LogP contribution is -2.48. The number of rotatable bonds is 6. The Labute approximate surface area is 125 Å². The van der Waals surface area contributed by atoms with Crippen LogP contribution in [0.5, 0.6) is 0 Å². The minimum Gasteiger partial charge on any atom is -0.338 e. The maximum absolute atomic E-state index is 13.1. The third-order valence-corrected chi connectivity index (χ3v) is 4.24. The standard InChI is InChI=1S/C16H23FN4/c1-16(2,12-4-6-13(17)7-5-12)14(20-18)8-9-15-19-10-11-21(15)3/h4-7,10-11,14,20H,8-9,18H2,1-3H3. The maximum Gasteiger partial charge on any atom is 0.123 e. The third-order valence-electron chi connectivity index (χ3n) is 4.24. The normalized spacial score (nSPS) is 13.4. The molecule has 2 aromatic rings. The molecule has 4 nitrogen and oxygen atoms in total. The van der Waals surface area contributed by atoms with E-state index in [-0.39, 0.29) is 17.3 Å². The van der Waals surface area contributed by atoms with Crippen molar-refractivity contribution >= 4 is 0 Å². The summed E-state index contributed by atoms with van der Waals surface area (Å²) >= 11 is 0. The second-order valence-electron chi connectivity index (χ2n) is 5.94. The predicted octanol–water partition coefficient (Wildman–Crippen LogP) is 2.30. The van der Waals surface area contributed by atoms with Crippen molar-refractivity contribution in [3.05, 3.63) is 53.9 Å². The van der Waals surface area contributed by atoms with E-state index in [1.165, 1.54) is 12.1 Å². The fourth-order valence-electron chi connectivity index (χ4n) is 2.64. The van der Waals surface area contributed by atoms with Crippen LogP contribution in [0.3, 0.4) is 0 Å². The molecule has 0 radical (unpaired) electrons. The van der Waals surface area contributed by atoms with E-state index in [4.69, 9.17) is 5.84 Å². The molecular weight excluding hydrogens is 267 g/mol. The minimum atomic E-state index is -0.222. The van der Waals surface area contributed by atoms with Gasteiger partial charge in [-0.3, -0.25) is 11.3 Å². The molecule has 1 atom stereocenters. The van der Waals surface area contributed by atoms with E-state index >= 15 is 0 Å². The van der Waals surface area contributed by atoms with Gasteiger partial charge in [0, 0.05) is 37.3 Å². The number of hydrogen-bond acceptors (Lipinski definition) is 3. The van der Waals surface area contributed by atoms with Gasteiger partial charge in [0.2, 0.25) is 0 Å². The molecule has 0 aliphatic heterocycles. The average Bonchev–Trinajstić information content (AvgIpc) is 2.85. The van der Waals surface area contributed by atoms with Gasteiger partial charge < -0.3 is 4.57 Å². The van der Waals surface area contributed by atoms with Gasteiger partial charge in [-0.05, 0) is 24.1 Å². The molecule has 3 N–H and O–H groups in total. The van der Waals surface area contributed by atoms with E-state index in [1.807, 2.05) is 29.9 Å². The summed E-state index contributed by atoms with van der Waals surface area (Å²) in [5.74, 6) is 6.56. The number of halogens is 1. The highest BCUT2D eigenvalue weighted by atomic mass is 19.1. The zero-order valence-corrected chi connectivity index (χ0v) is 12.8. The summed E-state index contributed by atoms with van der Waals surface area (Å²) in [5.41, 5.74) is 3.77. The molecule has 0 saturated heterocycles. The van der Waals surface area contributed by atoms with Crippen LogP contribution in [0.25, 0.3) is 0 Å². The van der Waals surface area contributed by atoms with E-state index in [1.54, 1.807) is 6.20 Å². The topological polar surface area (TPSA) is 55.9 Å². The summed E-state index contributed by atoms with van der Waals surface area (Å²) in [6.07, 6.45) is 5.42. The second-order valence-corrected chi connectivity index (χ2v) is 5.94. The van der Waals surface area contributed by atoms with E-state index < -0.39 is 0 Å². The van der Waals surface area contributed by atoms with Crippen molar-refractivity contribution in [3.8, 4) is 0 Å². The summed E-state index contributed by atoms with van der Waals surface area (Å²) in [4.78, 5) is 4.33. The van der Waals surface area contributed by atoms with Gasteiger partial charge >= 0.3 is 0 Å². The molecule has 0 bridgehead atoms. The number of imidazole rings is 1. The number of aromatic nitrogens is 2. The van der Waals surface area contributed by atoms with Crippen LogP contribution in [0.4, 0.5) is 4.39 Å². The highest BCUT2D eigenvalue weighted by Gasteiger charge is 2.30. The fourth-order valence-corrected chi connectivity index (χ4v) is 2.64. The molecule has 1 aromatic carbocycles. The van der Waals surface area contributed by atoms with E-state index in [2.05, 4.69) is 24.3 Å². The number of aryl methyl sites for hydroxylation is 2. The molecule has 1 unspecified atom stereocenters. The number of benzene rings is 1. The lowest BCUT2D eigenvalue weighted by Gasteiger charge is -2.34. The Balaban J connectivity index is 2.11. The Kier molecular flexibility index (Phi) is 4.75. The van der Waals surface area contributed by atoms with Crippen molar-refractivity contribution < 1.29 is 4.39 Å². The molecule has 1 aromatic heterocycles. The van der Waals surface area contributed by atoms with Gasteiger partial charge in [0.15, 0.2) is 0 Å². The van der Waals surface area contributed by atoms with Gasteiger partial charge in [-0.25, -0.2) is 9.37 Å². The van der Waals surface area contributed by atoms with Crippen LogP contribution in [0.15, 0.2) is 36.7 Å². The summed E-state index contributed by atoms with van der Waals surface area (Å²) in [5, 5.41) is 0. The van der Waals surface area contributed by atoms with Crippen LogP contribution in [-0.2, 0) is 18.9 Å². The Morgan fingerprint density at radius 3 is 2.52 bits per heavy atom. The van der Waals surface area contributed by atoms with Crippen LogP contribution in [0, 0.1) is 5.82 Å². The van der Waals surface area contributed by atoms with E-state index in [9.17, 15) is 4.39 Å². The van der Waals surface area contributed by atoms with Gasteiger partial charge in [0.05, 0.1) is 0 Å². The zero-order valence-electron chi connectivity index (χ0n) is 12.8. The SMILES string of the molecule is Cn1ccnc1CCC(NN)C(C)(C)c1ccc(F)cc1. The first-order chi connectivity index (χ1) is 9.95. The number of nitrogens with two attached hydrogens (primary N) is 1. The van der Waals surface area contributed by atoms with Crippen molar-refractivity contribution in [3.63, 3.8) is 0 Å². The molecule has 2 rings (SSSR count). The first-order valence-electron chi connectivity index (χ1n) is 7.13. The molecule has 0 spiro atoms. The van der Waals surface area contributed by atoms with Crippen LogP contribution < -0.4 is 11.3 Å². The Hall–Kier alpha value is -1.72. The first kappa shape index (κ1) is 15.7. The lowest BCUT2D eigenvalue weighted by molar-refractivity contribution is 0.323. The van der Waals surface area contributed by atoms with Gasteiger partial charge in [0.1, 0.15) is 11.6 Å². The van der Waals surface area contributed by atoms with Crippen LogP contribution >= 0.6 is 0 Å². The Bertz CT molecular complexity index is 574. The van der Waals surface area contributed by atoms with Crippen molar-refractivity contribution in [1.29, 1.82) is 0 Å². The number of nitrogens with zero attached hydrogens (tertiary/aromatic N) is 2. The lowest BCUT2D eigenvalue weighted by atomic mass is 9.76. The summed E-state index contributed by atoms with van der Waals surface area (Å²) in [6, 6.07) is 6.69. The fraction of sp³-hybridized carbons (Fsp3) is 0.438. The number of hydrogen-bond donors (Lipinski definition) is 2. The number of nitrogens with one attached hydrogen (secondary N) is 1. The minimum absolute atomic E-state index is 0.0691. The van der Waals surface area contributed by atoms with E-state index in [0.29, 0.717) is 0 Å². The molecule has 114 valence electrons. The van der Waals surface area contributed by atoms with Crippen LogP contribution in [0.2, 0.25) is 0 Å². The predicted molar refractivity (Wildman–Crippen MR) is 82.1 cm³/mol. The molecule has 0 amide bonds. The van der Waals surface area contributed by atoms with Crippen molar-refractivity contribution in [2.75, 3.05) is 0 Å². The number of hydrazine groups is 1. The smallest absolute Gasteiger partial charge is 0.123 e. The van der Waals surface area contributed by atoms with Crippen LogP contribution in [-0.4, -0.2) is 15.6 Å². The van der Waals surface area contributed by atoms with Crippen molar-refractivity contribution in [2.24, 2.45) is 12.9 Å². The van der Waals surface area contributed by atoms with Gasteiger partial charge in [0.25, 0.3) is 0 Å². The van der Waals surface area contributed by atoms with Gasteiger partial charge in [-0.1, -0.05) is 26.0 Å². The molecule has 5 heteroatoms. The van der Waals surface area contributed by atoms with Crippen LogP contribution in [0.1, 0.15) is 31.7 Å². The molecule has 21 heavy (non-hydrogen) atoms. The summed E-state index contributed by atoms with van der Waals surface area (Å²) in [6.45, 7) is 4.23. The van der Waals surface area contributed by atoms with E-state index in [0.717, 1.165) is 24.2 Å². The molecule has 0 aliphatic rings. The quantitative estimate of drug-likeness (QED) is 0.634. The molecule has 0 aliphatic carbocycles. The molecule has 1 heterocycles. The highest BCUT2D eigenvalue weighted by Crippen LogP contribution is 2.29. The Morgan fingerprint density at radius 2 is 2.00 bits per heavy atom. The van der Waals surface area contributed by atoms with Crippen molar-refractivity contribution in [1.82, 2.24) is 15.0 Å². The first-order valence-corrected chi connectivity index (χ1v) is 7.13. The van der Waals surface area contributed by atoms with Crippen molar-refractivity contribution in [2.45, 2.75) is 38.1 Å². The average molecular weight is 290 g/mol. The largest absolute Gasteiger partial charge is 0.338 e. The zero-order chi connectivity index (χ0) is 15.5. The summed E-state index contributed by atoms with van der Waals surface area (Å²) < 4.78 is 15.1. The summed E-state index contributed by atoms with van der Waals surface area (Å²) in [7, 11) is 1.98. The monoisotopic (exact) mass is 290 g/mol. The molecule has 0 saturated carbocycles. The molecular formula is C16H23FN4. The van der Waals surface area contributed by atoms with Gasteiger partial charge in [-0.15, -0.1) is 0 Å². The molecule has 0 fully saturated rings. The third kappa shape index (κ3) is 3.49. The second kappa shape index (κ2) is 6.37. The Morgan fingerprint density at radius 1 is 1.33 bits per heavy atom. The highest BCUT2D eigenvalue weighted by molar-refractivity contribution is 5.26.